The minimum absolute atomic E-state index is 0.896. The van der Waals surface area contributed by atoms with Crippen LogP contribution in [0.3, 0.4) is 0 Å². The first kappa shape index (κ1) is 11.9. The van der Waals surface area contributed by atoms with Gasteiger partial charge in [0, 0.05) is 0 Å². The van der Waals surface area contributed by atoms with Crippen molar-refractivity contribution >= 4 is 25.3 Å². The van der Waals surface area contributed by atoms with Gasteiger partial charge in [0.05, 0.1) is 0 Å². The van der Waals surface area contributed by atoms with Gasteiger partial charge in [-0.25, -0.2) is 0 Å². The molecule has 0 saturated heterocycles. The van der Waals surface area contributed by atoms with Crippen molar-refractivity contribution in [1.82, 2.24) is 0 Å². The summed E-state index contributed by atoms with van der Waals surface area (Å²) in [7, 11) is 1.86. The zero-order chi connectivity index (χ0) is 10.1. The molecule has 0 aliphatic rings. The van der Waals surface area contributed by atoms with E-state index in [-0.39, 0.29) is 0 Å². The summed E-state index contributed by atoms with van der Waals surface area (Å²) in [5, 5.41) is 0. The third-order valence-electron chi connectivity index (χ3n) is 1.54. The Morgan fingerprint density at radius 1 is 1.31 bits per heavy atom. The maximum atomic E-state index is 4.14. The van der Waals surface area contributed by atoms with E-state index in [0.717, 1.165) is 17.5 Å². The fraction of sp³-hybridized carbons (Fsp3) is 0.200. The molecule has 1 radical (unpaired) electrons. The van der Waals surface area contributed by atoms with Gasteiger partial charge in [-0.3, -0.25) is 0 Å². The Labute approximate surface area is 82.1 Å². The van der Waals surface area contributed by atoms with Crippen LogP contribution in [-0.4, -0.2) is 25.3 Å². The van der Waals surface area contributed by atoms with E-state index in [1.54, 1.807) is 12.0 Å². The normalized spacial score (nSPS) is 11.5. The Balaban J connectivity index is 4.77. The Hall–Kier alpha value is -1.11. The van der Waals surface area contributed by atoms with Crippen LogP contribution in [0.25, 0.3) is 0 Å². The van der Waals surface area contributed by atoms with Crippen LogP contribution in [0.5, 0.6) is 0 Å². The van der Waals surface area contributed by atoms with Gasteiger partial charge in [0.2, 0.25) is 0 Å². The molecule has 0 N–H and O–H groups in total. The third kappa shape index (κ3) is 4.46. The van der Waals surface area contributed by atoms with Gasteiger partial charge in [-0.2, -0.15) is 0 Å². The Kier molecular flexibility index (Phi) is 6.89. The minimum atomic E-state index is 0.896. The summed E-state index contributed by atoms with van der Waals surface area (Å²) in [6.07, 6.45) is 2.45. The number of hydrogen-bond donors (Lipinski definition) is 0. The molecule has 0 unspecified atom stereocenters. The molecule has 3 heteroatoms. The average Bonchev–Trinajstić information content (AvgIpc) is 2.14. The summed E-state index contributed by atoms with van der Waals surface area (Å²) >= 11 is 0. The van der Waals surface area contributed by atoms with E-state index in [0.29, 0.717) is 0 Å². The Morgan fingerprint density at radius 3 is 2.38 bits per heavy atom. The van der Waals surface area contributed by atoms with Gasteiger partial charge in [-0.15, -0.1) is 0 Å². The van der Waals surface area contributed by atoms with Crippen LogP contribution >= 0.6 is 0 Å². The van der Waals surface area contributed by atoms with Gasteiger partial charge in [0.1, 0.15) is 0 Å². The van der Waals surface area contributed by atoms with Crippen molar-refractivity contribution in [2.45, 2.75) is 13.3 Å². The third-order valence-corrected chi connectivity index (χ3v) is 1.54. The molecule has 0 aromatic heterocycles. The van der Waals surface area contributed by atoms with E-state index in [4.69, 9.17) is 0 Å². The van der Waals surface area contributed by atoms with Crippen molar-refractivity contribution in [3.8, 4) is 0 Å². The number of nitrogens with zero attached hydrogens (tertiary/aromatic N) is 1. The molecular weight excluding hydrogens is 156 g/mol. The molecule has 13 heavy (non-hydrogen) atoms. The van der Waals surface area contributed by atoms with E-state index in [2.05, 4.69) is 31.7 Å². The van der Waals surface area contributed by atoms with Crippen LogP contribution in [-0.2, 0) is 0 Å². The molecule has 0 heterocycles. The van der Waals surface area contributed by atoms with E-state index in [9.17, 15) is 0 Å². The topological polar surface area (TPSA) is 12.4 Å². The van der Waals surface area contributed by atoms with Gasteiger partial charge in [-0.05, 0) is 0 Å². The fourth-order valence-corrected chi connectivity index (χ4v) is 0.970. The Morgan fingerprint density at radius 2 is 2.00 bits per heavy atom. The molecule has 0 aliphatic heterocycles. The number of hydrogen-bond acceptors (Lipinski definition) is 1. The van der Waals surface area contributed by atoms with Gasteiger partial charge in [-0.1, -0.05) is 0 Å². The number of rotatable bonds is 6. The molecule has 0 saturated carbocycles. The average molecular weight is 170 g/mol. The van der Waals surface area contributed by atoms with Crippen molar-refractivity contribution in [2.75, 3.05) is 0 Å². The van der Waals surface area contributed by atoms with E-state index < -0.39 is 0 Å². The molecule has 0 fully saturated rings. The van der Waals surface area contributed by atoms with Gasteiger partial charge < -0.3 is 0 Å². The van der Waals surface area contributed by atoms with Crippen LogP contribution < -0.4 is 0 Å². The molecule has 0 atom stereocenters. The predicted octanol–water partition coefficient (Wildman–Crippen LogP) is 1.81. The van der Waals surface area contributed by atoms with Crippen LogP contribution in [0.4, 0.5) is 0 Å². The van der Waals surface area contributed by atoms with Crippen LogP contribution in [0.1, 0.15) is 13.3 Å². The molecule has 0 bridgehead atoms. The van der Waals surface area contributed by atoms with Gasteiger partial charge in [0.15, 0.2) is 0 Å². The molecule has 0 aromatic rings. The van der Waals surface area contributed by atoms with Gasteiger partial charge in [0.25, 0.3) is 0 Å². The fourth-order valence-electron chi connectivity index (χ4n) is 0.970. The second-order valence-corrected chi connectivity index (χ2v) is 2.38. The van der Waals surface area contributed by atoms with Crippen LogP contribution in [0, 0.1) is 0 Å². The summed E-state index contributed by atoms with van der Waals surface area (Å²) in [5.74, 6) is 3.48. The molecule has 0 rings (SSSR count). The first-order valence-corrected chi connectivity index (χ1v) is 4.26. The standard InChI is InChI=1S/C10H14B2N/c1-5-9(11-6-2)10(12-7-3)13-8-4/h6-8H,2-5H2,1H3. The van der Waals surface area contributed by atoms with E-state index >= 15 is 0 Å². The van der Waals surface area contributed by atoms with E-state index in [1.165, 1.54) is 6.20 Å². The van der Waals surface area contributed by atoms with Crippen molar-refractivity contribution in [2.24, 2.45) is 4.99 Å². The molecular formula is C10H14B2N. The summed E-state index contributed by atoms with van der Waals surface area (Å²) in [6.45, 7) is 14.9. The predicted molar refractivity (Wildman–Crippen MR) is 64.8 cm³/mol. The second kappa shape index (κ2) is 7.53. The quantitative estimate of drug-likeness (QED) is 0.425. The van der Waals surface area contributed by atoms with E-state index in [1.807, 2.05) is 14.2 Å². The zero-order valence-corrected chi connectivity index (χ0v) is 8.16. The zero-order valence-electron chi connectivity index (χ0n) is 8.16. The summed E-state index contributed by atoms with van der Waals surface area (Å²) < 4.78 is 0. The van der Waals surface area contributed by atoms with Crippen molar-refractivity contribution in [3.05, 3.63) is 37.9 Å². The van der Waals surface area contributed by atoms with Crippen molar-refractivity contribution < 1.29 is 0 Å². The molecule has 0 spiro atoms. The monoisotopic (exact) mass is 170 g/mol. The summed E-state index contributed by atoms with van der Waals surface area (Å²) in [6, 6.07) is 0. The molecule has 0 aromatic carbocycles. The molecule has 0 amide bonds. The molecule has 65 valence electrons. The maximum absolute atomic E-state index is 4.14. The molecule has 0 aliphatic carbocycles. The first-order chi connectivity index (χ1) is 6.29. The second-order valence-electron chi connectivity index (χ2n) is 2.38. The summed E-state index contributed by atoms with van der Waals surface area (Å²) in [4.78, 5) is 4.14. The van der Waals surface area contributed by atoms with Crippen LogP contribution in [0.15, 0.2) is 42.9 Å². The summed E-state index contributed by atoms with van der Waals surface area (Å²) in [5.41, 5.74) is 2.03. The van der Waals surface area contributed by atoms with Gasteiger partial charge >= 0.3 is 81.5 Å². The van der Waals surface area contributed by atoms with Crippen molar-refractivity contribution in [1.29, 1.82) is 0 Å². The SMILES string of the molecule is C=C[B]C(=NC=C)C(=BC=C)CC. The number of aliphatic imine (C=N–C) groups is 1. The first-order valence-electron chi connectivity index (χ1n) is 4.26. The van der Waals surface area contributed by atoms with Crippen LogP contribution in [0.2, 0.25) is 0 Å². The molecule has 1 nitrogen and oxygen atoms in total. The van der Waals surface area contributed by atoms with Crippen molar-refractivity contribution in [3.63, 3.8) is 0 Å². The Bertz CT molecular complexity index is 252.